The van der Waals surface area contributed by atoms with E-state index in [2.05, 4.69) is 28.4 Å². The average Bonchev–Trinajstić information content (AvgIpc) is 2.96. The van der Waals surface area contributed by atoms with Crippen molar-refractivity contribution >= 4 is 17.7 Å². The summed E-state index contributed by atoms with van der Waals surface area (Å²) in [7, 11) is 3.30. The van der Waals surface area contributed by atoms with Crippen LogP contribution >= 0.6 is 11.8 Å². The van der Waals surface area contributed by atoms with Crippen LogP contribution in [0.3, 0.4) is 0 Å². The number of rotatable bonds is 4. The molecule has 0 fully saturated rings. The van der Waals surface area contributed by atoms with E-state index in [1.807, 2.05) is 23.1 Å². The van der Waals surface area contributed by atoms with Gasteiger partial charge < -0.3 is 14.8 Å². The Hall–Kier alpha value is -1.89. The van der Waals surface area contributed by atoms with Crippen molar-refractivity contribution in [1.29, 1.82) is 0 Å². The van der Waals surface area contributed by atoms with E-state index < -0.39 is 0 Å². The Balaban J connectivity index is 2.03. The molecule has 1 aliphatic rings. The lowest BCUT2D eigenvalue weighted by Gasteiger charge is -2.29. The van der Waals surface area contributed by atoms with Crippen LogP contribution in [0.4, 0.5) is 5.95 Å². The first-order valence-electron chi connectivity index (χ1n) is 7.15. The monoisotopic (exact) mass is 320 g/mol. The number of fused-ring (bicyclic) bond motifs is 1. The molecule has 22 heavy (non-hydrogen) atoms. The fourth-order valence-electron chi connectivity index (χ4n) is 2.76. The maximum Gasteiger partial charge on any atom is 0.222 e. The summed E-state index contributed by atoms with van der Waals surface area (Å²) in [5, 5.41) is 8.76. The summed E-state index contributed by atoms with van der Waals surface area (Å²) in [5.41, 5.74) is 1.14. The van der Waals surface area contributed by atoms with Crippen molar-refractivity contribution in [3.8, 4) is 11.5 Å². The van der Waals surface area contributed by atoms with Gasteiger partial charge in [0.15, 0.2) is 11.5 Å². The lowest BCUT2D eigenvalue weighted by molar-refractivity contribution is 0.352. The number of benzene rings is 1. The van der Waals surface area contributed by atoms with E-state index in [-0.39, 0.29) is 6.04 Å². The Morgan fingerprint density at radius 3 is 2.73 bits per heavy atom. The predicted octanol–water partition coefficient (Wildman–Crippen LogP) is 2.81. The van der Waals surface area contributed by atoms with Crippen LogP contribution in [0.2, 0.25) is 0 Å². The van der Waals surface area contributed by atoms with Gasteiger partial charge in [-0.15, -0.1) is 5.10 Å². The van der Waals surface area contributed by atoms with E-state index in [4.69, 9.17) is 9.47 Å². The Labute approximate surface area is 134 Å². The van der Waals surface area contributed by atoms with Crippen LogP contribution in [0.1, 0.15) is 24.9 Å². The van der Waals surface area contributed by atoms with Crippen molar-refractivity contribution < 1.29 is 9.47 Å². The van der Waals surface area contributed by atoms with E-state index in [9.17, 15) is 0 Å². The molecule has 0 saturated carbocycles. The first-order chi connectivity index (χ1) is 10.7. The molecule has 6 nitrogen and oxygen atoms in total. The zero-order valence-electron chi connectivity index (χ0n) is 13.2. The highest BCUT2D eigenvalue weighted by Crippen LogP contribution is 2.36. The fraction of sp³-hybridized carbons (Fsp3) is 0.467. The number of nitrogens with one attached hydrogen (secondary N) is 1. The third-order valence-electron chi connectivity index (χ3n) is 3.83. The summed E-state index contributed by atoms with van der Waals surface area (Å²) < 4.78 is 12.7. The van der Waals surface area contributed by atoms with Gasteiger partial charge in [-0.2, -0.15) is 4.98 Å². The molecular formula is C15H20N4O2S. The number of hydrogen-bond acceptors (Lipinski definition) is 6. The van der Waals surface area contributed by atoms with Gasteiger partial charge in [-0.25, -0.2) is 4.68 Å². The number of methoxy groups -OCH3 is 2. The molecule has 0 radical (unpaired) electrons. The zero-order valence-corrected chi connectivity index (χ0v) is 14.0. The Kier molecular flexibility index (Phi) is 4.15. The average molecular weight is 320 g/mol. The molecule has 0 unspecified atom stereocenters. The van der Waals surface area contributed by atoms with Gasteiger partial charge in [-0.1, -0.05) is 17.8 Å². The summed E-state index contributed by atoms with van der Waals surface area (Å²) >= 11 is 1.55. The smallest absolute Gasteiger partial charge is 0.222 e. The van der Waals surface area contributed by atoms with Gasteiger partial charge in [0.2, 0.25) is 11.1 Å². The number of anilines is 1. The molecule has 0 amide bonds. The topological polar surface area (TPSA) is 61.2 Å². The number of aromatic nitrogens is 3. The van der Waals surface area contributed by atoms with Crippen molar-refractivity contribution in [2.45, 2.75) is 30.6 Å². The molecule has 1 aromatic heterocycles. The summed E-state index contributed by atoms with van der Waals surface area (Å²) in [4.78, 5) is 4.52. The Morgan fingerprint density at radius 2 is 2.05 bits per heavy atom. The van der Waals surface area contributed by atoms with E-state index >= 15 is 0 Å². The molecule has 2 heterocycles. The molecule has 3 rings (SSSR count). The first kappa shape index (κ1) is 15.0. The molecule has 0 saturated heterocycles. The first-order valence-corrected chi connectivity index (χ1v) is 8.37. The summed E-state index contributed by atoms with van der Waals surface area (Å²) in [5.74, 6) is 2.29. The molecule has 0 spiro atoms. The van der Waals surface area contributed by atoms with Crippen LogP contribution in [0.5, 0.6) is 11.5 Å². The number of thioether (sulfide) groups is 1. The summed E-state index contributed by atoms with van der Waals surface area (Å²) in [6.45, 7) is 2.16. The van der Waals surface area contributed by atoms with Crippen LogP contribution in [0.25, 0.3) is 0 Å². The zero-order chi connectivity index (χ0) is 15.7. The highest BCUT2D eigenvalue weighted by atomic mass is 32.2. The second kappa shape index (κ2) is 6.08. The Bertz CT molecular complexity index is 674. The molecule has 0 aliphatic carbocycles. The highest BCUT2D eigenvalue weighted by molar-refractivity contribution is 7.98. The minimum atomic E-state index is 0.138. The summed E-state index contributed by atoms with van der Waals surface area (Å²) in [6, 6.07) is 6.50. The molecule has 1 aromatic carbocycles. The molecule has 1 N–H and O–H groups in total. The summed E-state index contributed by atoms with van der Waals surface area (Å²) in [6.07, 6.45) is 2.93. The van der Waals surface area contributed by atoms with Crippen molar-refractivity contribution in [2.24, 2.45) is 0 Å². The lowest BCUT2D eigenvalue weighted by Crippen LogP contribution is -2.31. The maximum absolute atomic E-state index is 5.42. The van der Waals surface area contributed by atoms with Gasteiger partial charge in [0, 0.05) is 6.04 Å². The van der Waals surface area contributed by atoms with Gasteiger partial charge in [0.1, 0.15) is 0 Å². The Morgan fingerprint density at radius 1 is 1.27 bits per heavy atom. The van der Waals surface area contributed by atoms with E-state index in [1.165, 1.54) is 0 Å². The van der Waals surface area contributed by atoms with E-state index in [0.29, 0.717) is 6.04 Å². The molecule has 7 heteroatoms. The van der Waals surface area contributed by atoms with E-state index in [0.717, 1.165) is 34.6 Å². The molecule has 0 bridgehead atoms. The van der Waals surface area contributed by atoms with Gasteiger partial charge in [0.05, 0.1) is 20.3 Å². The van der Waals surface area contributed by atoms with Crippen LogP contribution < -0.4 is 14.8 Å². The third kappa shape index (κ3) is 2.61. The molecule has 118 valence electrons. The lowest BCUT2D eigenvalue weighted by atomic mass is 9.98. The number of ether oxygens (including phenoxy) is 2. The number of nitrogens with zero attached hydrogens (tertiary/aromatic N) is 3. The number of hydrogen-bond donors (Lipinski definition) is 1. The van der Waals surface area contributed by atoms with Crippen molar-refractivity contribution in [2.75, 3.05) is 25.8 Å². The predicted molar refractivity (Wildman–Crippen MR) is 87.2 cm³/mol. The molecule has 2 aromatic rings. The minimum absolute atomic E-state index is 0.138. The third-order valence-corrected chi connectivity index (χ3v) is 4.37. The molecular weight excluding hydrogens is 300 g/mol. The standard InChI is InChI=1S/C15H20N4O2S/c1-9-7-11(19-14(16-9)17-15(18-19)22-4)10-5-6-12(20-2)13(8-10)21-3/h5-6,8-9,11H,7H2,1-4H3,(H,16,17,18)/t9-,11+/m1/s1. The highest BCUT2D eigenvalue weighted by Gasteiger charge is 2.28. The van der Waals surface area contributed by atoms with E-state index in [1.54, 1.807) is 26.0 Å². The molecule has 1 aliphatic heterocycles. The maximum atomic E-state index is 5.42. The van der Waals surface area contributed by atoms with Gasteiger partial charge >= 0.3 is 0 Å². The second-order valence-corrected chi connectivity index (χ2v) is 6.05. The largest absolute Gasteiger partial charge is 0.493 e. The second-order valence-electron chi connectivity index (χ2n) is 5.28. The normalized spacial score (nSPS) is 20.2. The van der Waals surface area contributed by atoms with Crippen LogP contribution in [0.15, 0.2) is 23.4 Å². The fourth-order valence-corrected chi connectivity index (χ4v) is 3.10. The SMILES string of the molecule is COc1ccc([C@@H]2C[C@@H](C)Nc3nc(SC)nn32)cc1OC. The van der Waals surface area contributed by atoms with Gasteiger partial charge in [-0.05, 0) is 37.3 Å². The van der Waals surface area contributed by atoms with Crippen molar-refractivity contribution in [3.05, 3.63) is 23.8 Å². The van der Waals surface area contributed by atoms with Crippen molar-refractivity contribution in [3.63, 3.8) is 0 Å². The van der Waals surface area contributed by atoms with Crippen LogP contribution in [-0.2, 0) is 0 Å². The van der Waals surface area contributed by atoms with Gasteiger partial charge in [-0.3, -0.25) is 0 Å². The quantitative estimate of drug-likeness (QED) is 0.874. The minimum Gasteiger partial charge on any atom is -0.493 e. The van der Waals surface area contributed by atoms with Crippen LogP contribution in [0, 0.1) is 0 Å². The molecule has 2 atom stereocenters. The van der Waals surface area contributed by atoms with Crippen molar-refractivity contribution in [1.82, 2.24) is 14.8 Å². The van der Waals surface area contributed by atoms with Gasteiger partial charge in [0.25, 0.3) is 0 Å². The van der Waals surface area contributed by atoms with Crippen LogP contribution in [-0.4, -0.2) is 41.3 Å².